The van der Waals surface area contributed by atoms with Gasteiger partial charge in [0, 0.05) is 28.2 Å². The van der Waals surface area contributed by atoms with Gasteiger partial charge in [-0.25, -0.2) is 0 Å². The zero-order valence-corrected chi connectivity index (χ0v) is 23.1. The van der Waals surface area contributed by atoms with E-state index in [4.69, 9.17) is 18.9 Å². The Morgan fingerprint density at radius 2 is 0.889 bits per heavy atom. The van der Waals surface area contributed by atoms with Crippen LogP contribution in [0.3, 0.4) is 0 Å². The third kappa shape index (κ3) is 6.45. The molecule has 2 aromatic rings. The maximum absolute atomic E-state index is 13.2. The molecule has 9 heteroatoms. The highest BCUT2D eigenvalue weighted by atomic mass is 32.3. The van der Waals surface area contributed by atoms with Crippen LogP contribution in [-0.2, 0) is 18.9 Å². The molecule has 0 unspecified atom stereocenters. The van der Waals surface area contributed by atoms with Gasteiger partial charge in [0.05, 0.1) is 65.6 Å². The van der Waals surface area contributed by atoms with Gasteiger partial charge in [-0.15, -0.1) is 23.5 Å². The molecule has 3 aliphatic rings. The molecule has 0 atom stereocenters. The molecule has 0 aromatic heterocycles. The van der Waals surface area contributed by atoms with Crippen LogP contribution in [0.25, 0.3) is 5.57 Å². The van der Waals surface area contributed by atoms with Crippen molar-refractivity contribution in [1.82, 2.24) is 0 Å². The second-order valence-electron chi connectivity index (χ2n) is 8.01. The minimum absolute atomic E-state index is 0.0990. The lowest BCUT2D eigenvalue weighted by molar-refractivity contribution is 0.00147. The summed E-state index contributed by atoms with van der Waals surface area (Å²) in [6, 6.07) is 15.9. The highest BCUT2D eigenvalue weighted by Gasteiger charge is 2.32. The van der Waals surface area contributed by atoms with E-state index < -0.39 is 0 Å². The average Bonchev–Trinajstić information content (AvgIpc) is 3.30. The molecule has 2 aliphatic heterocycles. The number of ether oxygens (including phenoxy) is 4. The van der Waals surface area contributed by atoms with Gasteiger partial charge in [0.25, 0.3) is 0 Å². The fourth-order valence-corrected chi connectivity index (χ4v) is 9.83. The maximum atomic E-state index is 13.2. The molecule has 2 aromatic carbocycles. The van der Waals surface area contributed by atoms with Crippen molar-refractivity contribution in [3.8, 4) is 0 Å². The molecule has 5 nitrogen and oxygen atoms in total. The zero-order chi connectivity index (χ0) is 24.6. The summed E-state index contributed by atoms with van der Waals surface area (Å²) < 4.78 is 26.5. The van der Waals surface area contributed by atoms with Crippen molar-refractivity contribution >= 4 is 58.4 Å². The van der Waals surface area contributed by atoms with Crippen LogP contribution < -0.4 is 0 Å². The van der Waals surface area contributed by atoms with Gasteiger partial charge < -0.3 is 18.9 Å². The molecule has 0 bridgehead atoms. The zero-order valence-electron chi connectivity index (χ0n) is 19.9. The molecule has 36 heavy (non-hydrogen) atoms. The normalized spacial score (nSPS) is 20.8. The van der Waals surface area contributed by atoms with Crippen LogP contribution in [-0.4, -0.2) is 70.1 Å². The molecule has 1 aliphatic carbocycles. The standard InChI is InChI=1S/C27H28O5S4/c28-24-21-7-3-1-5-19(21)23(20-6-2-4-8-22(20)24)25-35-26-27(36-25)34-18-16-32-14-12-30-10-9-29-11-13-31-15-17-33-26/h1-8H,9-18H2. The van der Waals surface area contributed by atoms with E-state index in [0.29, 0.717) is 52.9 Å². The first-order chi connectivity index (χ1) is 17.8. The third-order valence-corrected chi connectivity index (χ3v) is 11.1. The Balaban J connectivity index is 1.38. The summed E-state index contributed by atoms with van der Waals surface area (Å²) in [6.45, 7) is 4.82. The summed E-state index contributed by atoms with van der Waals surface area (Å²) in [5.74, 6) is 1.85. The maximum Gasteiger partial charge on any atom is 0.194 e. The lowest BCUT2D eigenvalue weighted by Crippen LogP contribution is -2.14. The van der Waals surface area contributed by atoms with Crippen molar-refractivity contribution in [2.75, 3.05) is 64.4 Å². The third-order valence-electron chi connectivity index (χ3n) is 5.66. The predicted molar refractivity (Wildman–Crippen MR) is 153 cm³/mol. The first-order valence-electron chi connectivity index (χ1n) is 12.0. The summed E-state index contributed by atoms with van der Waals surface area (Å²) in [5, 5.41) is 0. The molecule has 5 rings (SSSR count). The van der Waals surface area contributed by atoms with E-state index in [9.17, 15) is 4.79 Å². The fourth-order valence-electron chi connectivity index (χ4n) is 4.01. The Morgan fingerprint density at radius 1 is 0.500 bits per heavy atom. The van der Waals surface area contributed by atoms with E-state index in [1.165, 1.54) is 12.7 Å². The van der Waals surface area contributed by atoms with Crippen LogP contribution in [0.2, 0.25) is 0 Å². The van der Waals surface area contributed by atoms with Crippen molar-refractivity contribution in [2.45, 2.75) is 0 Å². The van der Waals surface area contributed by atoms with Gasteiger partial charge in [0.15, 0.2) is 5.78 Å². The quantitative estimate of drug-likeness (QED) is 0.325. The predicted octanol–water partition coefficient (Wildman–Crippen LogP) is 6.10. The summed E-state index contributed by atoms with van der Waals surface area (Å²) in [5.41, 5.74) is 4.75. The molecule has 0 fully saturated rings. The molecule has 0 amide bonds. The second-order valence-corrected chi connectivity index (χ2v) is 13.0. The average molecular weight is 561 g/mol. The van der Waals surface area contributed by atoms with Crippen molar-refractivity contribution in [1.29, 1.82) is 0 Å². The van der Waals surface area contributed by atoms with Crippen LogP contribution in [0.15, 0.2) is 61.2 Å². The number of carbonyl (C=O) groups excluding carboxylic acids is 1. The van der Waals surface area contributed by atoms with E-state index in [2.05, 4.69) is 12.1 Å². The minimum atomic E-state index is 0.0990. The summed E-state index contributed by atoms with van der Waals surface area (Å²) in [4.78, 5) is 13.2. The van der Waals surface area contributed by atoms with Crippen molar-refractivity contribution in [3.63, 3.8) is 0 Å². The lowest BCUT2D eigenvalue weighted by Gasteiger charge is -2.23. The highest BCUT2D eigenvalue weighted by molar-refractivity contribution is 8.40. The van der Waals surface area contributed by atoms with Crippen LogP contribution in [0, 0.1) is 0 Å². The Bertz CT molecular complexity index is 1060. The number of thioether (sulfide) groups is 4. The first-order valence-corrected chi connectivity index (χ1v) is 15.6. The summed E-state index contributed by atoms with van der Waals surface area (Å²) in [6.07, 6.45) is 0. The van der Waals surface area contributed by atoms with Gasteiger partial charge in [0.1, 0.15) is 0 Å². The van der Waals surface area contributed by atoms with Crippen LogP contribution >= 0.6 is 47.0 Å². The number of hydrogen-bond acceptors (Lipinski definition) is 9. The molecule has 0 saturated carbocycles. The Morgan fingerprint density at radius 3 is 1.33 bits per heavy atom. The number of hydrogen-bond donors (Lipinski definition) is 0. The van der Waals surface area contributed by atoms with Crippen molar-refractivity contribution in [3.05, 3.63) is 83.5 Å². The van der Waals surface area contributed by atoms with E-state index in [1.54, 1.807) is 0 Å². The number of fused-ring (bicyclic) bond motifs is 2. The monoisotopic (exact) mass is 560 g/mol. The Kier molecular flexibility index (Phi) is 9.97. The van der Waals surface area contributed by atoms with Gasteiger partial charge in [-0.3, -0.25) is 4.79 Å². The number of rotatable bonds is 0. The molecule has 0 radical (unpaired) electrons. The number of carbonyl (C=O) groups is 1. The lowest BCUT2D eigenvalue weighted by atomic mass is 9.82. The van der Waals surface area contributed by atoms with E-state index in [1.807, 2.05) is 83.4 Å². The first kappa shape index (κ1) is 26.4. The van der Waals surface area contributed by atoms with E-state index >= 15 is 0 Å². The van der Waals surface area contributed by atoms with E-state index in [0.717, 1.165) is 39.3 Å². The second kappa shape index (κ2) is 13.6. The summed E-state index contributed by atoms with van der Waals surface area (Å²) >= 11 is 7.31. The van der Waals surface area contributed by atoms with Crippen molar-refractivity contribution in [2.24, 2.45) is 0 Å². The van der Waals surface area contributed by atoms with Crippen LogP contribution in [0.5, 0.6) is 0 Å². The minimum Gasteiger partial charge on any atom is -0.378 e. The molecular weight excluding hydrogens is 533 g/mol. The molecule has 2 heterocycles. The van der Waals surface area contributed by atoms with Gasteiger partial charge in [0.2, 0.25) is 0 Å². The largest absolute Gasteiger partial charge is 0.378 e. The van der Waals surface area contributed by atoms with Crippen LogP contribution in [0.4, 0.5) is 0 Å². The fraction of sp³-hybridized carbons (Fsp3) is 0.370. The Labute approximate surface area is 229 Å². The van der Waals surface area contributed by atoms with Gasteiger partial charge in [-0.05, 0) is 11.1 Å². The molecule has 0 saturated heterocycles. The SMILES string of the molecule is O=C1c2ccccc2C(=C2SC3=C(SCCOCCOCCOCCOCCS3)S2)c2ccccc21. The number of ketones is 1. The molecular formula is C27H28O5S4. The van der Waals surface area contributed by atoms with E-state index in [-0.39, 0.29) is 5.78 Å². The highest BCUT2D eigenvalue weighted by Crippen LogP contribution is 2.60. The summed E-state index contributed by atoms with van der Waals surface area (Å²) in [7, 11) is 0. The molecule has 190 valence electrons. The Hall–Kier alpha value is -1.17. The molecule has 0 N–H and O–H groups in total. The topological polar surface area (TPSA) is 54.0 Å². The van der Waals surface area contributed by atoms with Crippen LogP contribution in [0.1, 0.15) is 27.0 Å². The van der Waals surface area contributed by atoms with Gasteiger partial charge in [-0.2, -0.15) is 0 Å². The smallest absolute Gasteiger partial charge is 0.194 e. The number of benzene rings is 2. The van der Waals surface area contributed by atoms with Gasteiger partial charge >= 0.3 is 0 Å². The van der Waals surface area contributed by atoms with Crippen molar-refractivity contribution < 1.29 is 23.7 Å². The van der Waals surface area contributed by atoms with Gasteiger partial charge in [-0.1, -0.05) is 72.1 Å². The molecule has 0 spiro atoms.